The fourth-order valence-electron chi connectivity index (χ4n) is 2.71. The Bertz CT molecular complexity index is 723. The van der Waals surface area contributed by atoms with Gasteiger partial charge in [-0.25, -0.2) is 0 Å². The van der Waals surface area contributed by atoms with Crippen LogP contribution >= 0.6 is 0 Å². The minimum Gasteiger partial charge on any atom is -0.494 e. The maximum Gasteiger partial charge on any atom is 0.261 e. The predicted molar refractivity (Wildman–Crippen MR) is 103 cm³/mol. The number of nitrogens with zero attached hydrogens (tertiary/aromatic N) is 1. The molecule has 5 heteroatoms. The van der Waals surface area contributed by atoms with E-state index in [1.54, 1.807) is 24.3 Å². The van der Waals surface area contributed by atoms with Crippen molar-refractivity contribution in [1.82, 2.24) is 10.2 Å². The zero-order chi connectivity index (χ0) is 18.9. The molecule has 0 saturated heterocycles. The van der Waals surface area contributed by atoms with E-state index in [-0.39, 0.29) is 11.8 Å². The highest BCUT2D eigenvalue weighted by atomic mass is 16.5. The van der Waals surface area contributed by atoms with Crippen LogP contribution in [0.25, 0.3) is 0 Å². The van der Waals surface area contributed by atoms with Crippen molar-refractivity contribution in [2.45, 2.75) is 19.8 Å². The Morgan fingerprint density at radius 2 is 1.58 bits per heavy atom. The van der Waals surface area contributed by atoms with Gasteiger partial charge in [0.15, 0.2) is 0 Å². The van der Waals surface area contributed by atoms with E-state index in [0.29, 0.717) is 30.7 Å². The number of carbonyl (C=O) groups is 2. The third-order valence-electron chi connectivity index (χ3n) is 3.98. The van der Waals surface area contributed by atoms with Crippen LogP contribution in [0.5, 0.6) is 5.75 Å². The Hall–Kier alpha value is -2.66. The third kappa shape index (κ3) is 4.70. The average molecular weight is 354 g/mol. The topological polar surface area (TPSA) is 58.6 Å². The van der Waals surface area contributed by atoms with Crippen molar-refractivity contribution < 1.29 is 14.3 Å². The van der Waals surface area contributed by atoms with Crippen molar-refractivity contribution in [3.63, 3.8) is 0 Å². The second-order valence-electron chi connectivity index (χ2n) is 6.01. The minimum absolute atomic E-state index is 0.210. The van der Waals surface area contributed by atoms with E-state index >= 15 is 0 Å². The molecule has 0 spiro atoms. The van der Waals surface area contributed by atoms with E-state index in [9.17, 15) is 9.59 Å². The molecule has 2 aromatic rings. The smallest absolute Gasteiger partial charge is 0.261 e. The van der Waals surface area contributed by atoms with Gasteiger partial charge in [-0.15, -0.1) is 0 Å². The molecule has 26 heavy (non-hydrogen) atoms. The van der Waals surface area contributed by atoms with Gasteiger partial charge in [-0.3, -0.25) is 14.5 Å². The first-order chi connectivity index (χ1) is 12.6. The Labute approximate surface area is 155 Å². The zero-order valence-electron chi connectivity index (χ0n) is 15.6. The second kappa shape index (κ2) is 9.73. The maximum absolute atomic E-state index is 12.2. The molecule has 0 radical (unpaired) electrons. The molecule has 0 aromatic heterocycles. The summed E-state index contributed by atoms with van der Waals surface area (Å²) in [6, 6.07) is 14.9. The normalized spacial score (nSPS) is 12.5. The maximum atomic E-state index is 12.2. The molecule has 1 aliphatic heterocycles. The van der Waals surface area contributed by atoms with Crippen molar-refractivity contribution in [3.05, 3.63) is 65.2 Å². The molecule has 1 aliphatic rings. The van der Waals surface area contributed by atoms with Gasteiger partial charge in [-0.1, -0.05) is 31.2 Å². The zero-order valence-corrected chi connectivity index (χ0v) is 15.6. The SMILES string of the molecule is CCc1cccc(OCCCN2C(=O)c3ccccc3C2=O)c1.CNC. The first-order valence-electron chi connectivity index (χ1n) is 8.87. The highest BCUT2D eigenvalue weighted by molar-refractivity contribution is 6.21. The van der Waals surface area contributed by atoms with Crippen LogP contribution in [0.4, 0.5) is 0 Å². The molecule has 2 aromatic carbocycles. The summed E-state index contributed by atoms with van der Waals surface area (Å²) in [5, 5.41) is 2.75. The van der Waals surface area contributed by atoms with Crippen molar-refractivity contribution in [1.29, 1.82) is 0 Å². The van der Waals surface area contributed by atoms with Gasteiger partial charge in [-0.05, 0) is 56.8 Å². The molecule has 1 N–H and O–H groups in total. The van der Waals surface area contributed by atoms with Crippen molar-refractivity contribution in [2.24, 2.45) is 0 Å². The molecule has 0 unspecified atom stereocenters. The molecular formula is C21H26N2O3. The number of amides is 2. The van der Waals surface area contributed by atoms with Gasteiger partial charge in [0, 0.05) is 6.54 Å². The monoisotopic (exact) mass is 354 g/mol. The van der Waals surface area contributed by atoms with E-state index in [2.05, 4.69) is 18.3 Å². The van der Waals surface area contributed by atoms with Crippen LogP contribution in [0.1, 0.15) is 39.6 Å². The molecular weight excluding hydrogens is 328 g/mol. The summed E-state index contributed by atoms with van der Waals surface area (Å²) >= 11 is 0. The first kappa shape index (κ1) is 19.7. The molecule has 0 aliphatic carbocycles. The van der Waals surface area contributed by atoms with Gasteiger partial charge in [-0.2, -0.15) is 0 Å². The number of aryl methyl sites for hydroxylation is 1. The third-order valence-corrected chi connectivity index (χ3v) is 3.98. The summed E-state index contributed by atoms with van der Waals surface area (Å²) in [4.78, 5) is 25.7. The molecule has 1 heterocycles. The van der Waals surface area contributed by atoms with Crippen LogP contribution in [0.3, 0.4) is 0 Å². The second-order valence-corrected chi connectivity index (χ2v) is 6.01. The Morgan fingerprint density at radius 3 is 2.15 bits per heavy atom. The van der Waals surface area contributed by atoms with E-state index in [0.717, 1.165) is 12.2 Å². The summed E-state index contributed by atoms with van der Waals surface area (Å²) in [5.41, 5.74) is 2.21. The number of hydrogen-bond acceptors (Lipinski definition) is 4. The number of rotatable bonds is 6. The Kier molecular flexibility index (Phi) is 7.36. The van der Waals surface area contributed by atoms with Crippen LogP contribution in [0, 0.1) is 0 Å². The van der Waals surface area contributed by atoms with Crippen LogP contribution < -0.4 is 10.1 Å². The van der Waals surface area contributed by atoms with E-state index < -0.39 is 0 Å². The molecule has 0 bridgehead atoms. The van der Waals surface area contributed by atoms with Crippen LogP contribution in [0.2, 0.25) is 0 Å². The van der Waals surface area contributed by atoms with Gasteiger partial charge in [0.2, 0.25) is 0 Å². The Morgan fingerprint density at radius 1 is 0.962 bits per heavy atom. The lowest BCUT2D eigenvalue weighted by Crippen LogP contribution is -2.31. The van der Waals surface area contributed by atoms with Crippen molar-refractivity contribution in [3.8, 4) is 5.75 Å². The van der Waals surface area contributed by atoms with Crippen LogP contribution in [-0.4, -0.2) is 44.0 Å². The van der Waals surface area contributed by atoms with Gasteiger partial charge in [0.1, 0.15) is 5.75 Å². The van der Waals surface area contributed by atoms with Crippen LogP contribution in [0.15, 0.2) is 48.5 Å². The lowest BCUT2D eigenvalue weighted by molar-refractivity contribution is 0.0647. The molecule has 0 fully saturated rings. The van der Waals surface area contributed by atoms with Gasteiger partial charge in [0.25, 0.3) is 11.8 Å². The summed E-state index contributed by atoms with van der Waals surface area (Å²) in [6.07, 6.45) is 1.58. The largest absolute Gasteiger partial charge is 0.494 e. The lowest BCUT2D eigenvalue weighted by atomic mass is 10.1. The number of imide groups is 1. The van der Waals surface area contributed by atoms with Crippen molar-refractivity contribution >= 4 is 11.8 Å². The van der Waals surface area contributed by atoms with Gasteiger partial charge in [0.05, 0.1) is 17.7 Å². The number of ether oxygens (including phenoxy) is 1. The van der Waals surface area contributed by atoms with E-state index in [1.807, 2.05) is 32.3 Å². The quantitative estimate of drug-likeness (QED) is 0.639. The summed E-state index contributed by atoms with van der Waals surface area (Å²) in [5.74, 6) is 0.406. The van der Waals surface area contributed by atoms with E-state index in [4.69, 9.17) is 4.74 Å². The molecule has 3 rings (SSSR count). The van der Waals surface area contributed by atoms with Gasteiger partial charge >= 0.3 is 0 Å². The molecule has 5 nitrogen and oxygen atoms in total. The fraction of sp³-hybridized carbons (Fsp3) is 0.333. The molecule has 0 atom stereocenters. The number of hydrogen-bond donors (Lipinski definition) is 1. The highest BCUT2D eigenvalue weighted by Crippen LogP contribution is 2.22. The number of nitrogens with one attached hydrogen (secondary N) is 1. The lowest BCUT2D eigenvalue weighted by Gasteiger charge is -2.14. The van der Waals surface area contributed by atoms with Gasteiger partial charge < -0.3 is 10.1 Å². The molecule has 2 amide bonds. The van der Waals surface area contributed by atoms with Crippen LogP contribution in [-0.2, 0) is 6.42 Å². The predicted octanol–water partition coefficient (Wildman–Crippen LogP) is 3.15. The standard InChI is InChI=1S/C19H19NO3.C2H7N/c1-2-14-7-5-8-15(13-14)23-12-6-11-20-18(21)16-9-3-4-10-17(16)19(20)22;1-3-2/h3-5,7-10,13H,2,6,11-12H2,1H3;3H,1-2H3. The Balaban J connectivity index is 0.000000758. The number of benzene rings is 2. The number of fused-ring (bicyclic) bond motifs is 1. The summed E-state index contributed by atoms with van der Waals surface area (Å²) in [6.45, 7) is 2.95. The molecule has 138 valence electrons. The van der Waals surface area contributed by atoms with E-state index in [1.165, 1.54) is 10.5 Å². The summed E-state index contributed by atoms with van der Waals surface area (Å²) < 4.78 is 5.71. The average Bonchev–Trinajstić information content (AvgIpc) is 2.91. The minimum atomic E-state index is -0.210. The molecule has 0 saturated carbocycles. The fourth-order valence-corrected chi connectivity index (χ4v) is 2.71. The highest BCUT2D eigenvalue weighted by Gasteiger charge is 2.34. The summed E-state index contributed by atoms with van der Waals surface area (Å²) in [7, 11) is 3.75. The van der Waals surface area contributed by atoms with Crippen molar-refractivity contribution in [2.75, 3.05) is 27.2 Å². The number of carbonyl (C=O) groups excluding carboxylic acids is 2. The first-order valence-corrected chi connectivity index (χ1v) is 8.87.